The third-order valence-electron chi connectivity index (χ3n) is 8.89. The van der Waals surface area contributed by atoms with Crippen LogP contribution in [0.4, 0.5) is 0 Å². The minimum absolute atomic E-state index is 0.0853. The molecule has 4 heteroatoms. The lowest BCUT2D eigenvalue weighted by atomic mass is 9.46. The van der Waals surface area contributed by atoms with Crippen molar-refractivity contribution < 1.29 is 9.53 Å². The normalized spacial score (nSPS) is 60.2. The highest BCUT2D eigenvalue weighted by molar-refractivity contribution is 6.64. The first-order valence-electron chi connectivity index (χ1n) is 9.55. The van der Waals surface area contributed by atoms with Gasteiger partial charge in [-0.15, -0.1) is 0 Å². The van der Waals surface area contributed by atoms with Gasteiger partial charge in [0.25, 0.3) is 0 Å². The van der Waals surface area contributed by atoms with Crippen LogP contribution in [-0.2, 0) is 9.53 Å². The van der Waals surface area contributed by atoms with Gasteiger partial charge in [0.1, 0.15) is 6.23 Å². The molecule has 9 atom stereocenters. The fourth-order valence-electron chi connectivity index (χ4n) is 7.60. The summed E-state index contributed by atoms with van der Waals surface area (Å²) in [5.41, 5.74) is 0.441. The Labute approximate surface area is 143 Å². The minimum atomic E-state index is -0.0853. The Morgan fingerprint density at radius 1 is 1.13 bits per heavy atom. The molecule has 0 amide bonds. The SMILES string of the molecule is C[C@]12CC[C@H]3[C@@H](CC[C@H]4NC5CC(O5)[C@@]43C)[C@@H]1CC[C@@H]2C(=O)Cl. The Hall–Kier alpha value is -0.120. The van der Waals surface area contributed by atoms with E-state index in [-0.39, 0.29) is 16.6 Å². The van der Waals surface area contributed by atoms with Crippen LogP contribution in [0, 0.1) is 34.5 Å². The van der Waals surface area contributed by atoms with Crippen LogP contribution in [0.15, 0.2) is 0 Å². The van der Waals surface area contributed by atoms with Crippen LogP contribution in [0.3, 0.4) is 0 Å². The van der Waals surface area contributed by atoms with Crippen molar-refractivity contribution in [1.29, 1.82) is 0 Å². The molecule has 0 aromatic rings. The van der Waals surface area contributed by atoms with Crippen molar-refractivity contribution in [2.24, 2.45) is 34.5 Å². The molecule has 3 saturated heterocycles. The molecule has 0 aromatic carbocycles. The average Bonchev–Trinajstić information content (AvgIpc) is 2.82. The predicted molar refractivity (Wildman–Crippen MR) is 88.9 cm³/mol. The standard InChI is InChI=1S/C19H28ClNO2/c1-18-8-7-12-10(11(18)4-5-13(18)17(20)22)3-6-14-19(12,2)15-9-16(21-14)23-15/h10-16,21H,3-9H2,1-2H3/t10-,11-,12-,13+,14+,15?,16?,18-,19+/m0/s1. The zero-order chi connectivity index (χ0) is 16.0. The molecule has 6 fully saturated rings. The number of ether oxygens (including phenoxy) is 1. The van der Waals surface area contributed by atoms with E-state index in [0.29, 0.717) is 29.7 Å². The Bertz CT molecular complexity index is 547. The molecule has 1 N–H and O–H groups in total. The Kier molecular flexibility index (Phi) is 3.12. The van der Waals surface area contributed by atoms with Gasteiger partial charge in [0.2, 0.25) is 5.24 Å². The third-order valence-corrected chi connectivity index (χ3v) is 9.15. The Balaban J connectivity index is 1.48. The predicted octanol–water partition coefficient (Wildman–Crippen LogP) is 3.70. The number of nitrogens with one attached hydrogen (secondary N) is 1. The summed E-state index contributed by atoms with van der Waals surface area (Å²) in [4.78, 5) is 12.0. The van der Waals surface area contributed by atoms with E-state index in [1.807, 2.05) is 0 Å². The molecule has 2 unspecified atom stereocenters. The van der Waals surface area contributed by atoms with E-state index in [0.717, 1.165) is 18.3 Å². The highest BCUT2D eigenvalue weighted by atomic mass is 35.5. The fourth-order valence-corrected chi connectivity index (χ4v) is 7.96. The second-order valence-electron chi connectivity index (χ2n) is 9.37. The van der Waals surface area contributed by atoms with Gasteiger partial charge in [-0.3, -0.25) is 10.1 Å². The summed E-state index contributed by atoms with van der Waals surface area (Å²) in [6.45, 7) is 4.85. The Morgan fingerprint density at radius 2 is 1.91 bits per heavy atom. The highest BCUT2D eigenvalue weighted by Crippen LogP contribution is 2.67. The van der Waals surface area contributed by atoms with Gasteiger partial charge in [0, 0.05) is 23.8 Å². The molecule has 3 aliphatic heterocycles. The summed E-state index contributed by atoms with van der Waals surface area (Å²) in [5.74, 6) is 2.29. The molecule has 2 bridgehead atoms. The van der Waals surface area contributed by atoms with Crippen molar-refractivity contribution >= 4 is 16.8 Å². The lowest BCUT2D eigenvalue weighted by Crippen LogP contribution is -2.74. The molecule has 23 heavy (non-hydrogen) atoms. The van der Waals surface area contributed by atoms with Gasteiger partial charge in [-0.05, 0) is 73.3 Å². The van der Waals surface area contributed by atoms with Gasteiger partial charge >= 0.3 is 0 Å². The smallest absolute Gasteiger partial charge is 0.225 e. The van der Waals surface area contributed by atoms with Crippen molar-refractivity contribution in [2.45, 2.75) is 77.2 Å². The van der Waals surface area contributed by atoms with Crippen LogP contribution >= 0.6 is 11.6 Å². The monoisotopic (exact) mass is 337 g/mol. The number of fused-ring (bicyclic) bond motifs is 3. The van der Waals surface area contributed by atoms with Crippen LogP contribution in [0.1, 0.15) is 58.8 Å². The van der Waals surface area contributed by atoms with E-state index in [1.165, 1.54) is 38.5 Å². The molecular formula is C19H28ClNO2. The first-order chi connectivity index (χ1) is 10.9. The molecular weight excluding hydrogens is 310 g/mol. The summed E-state index contributed by atoms with van der Waals surface area (Å²) < 4.78 is 6.11. The quantitative estimate of drug-likeness (QED) is 0.741. The van der Waals surface area contributed by atoms with E-state index >= 15 is 0 Å². The van der Waals surface area contributed by atoms with Crippen molar-refractivity contribution in [3.63, 3.8) is 0 Å². The molecule has 6 rings (SSSR count). The average molecular weight is 338 g/mol. The molecule has 3 nitrogen and oxygen atoms in total. The number of hydrogen-bond donors (Lipinski definition) is 1. The number of rotatable bonds is 1. The maximum Gasteiger partial charge on any atom is 0.225 e. The van der Waals surface area contributed by atoms with Gasteiger partial charge in [-0.2, -0.15) is 0 Å². The van der Waals surface area contributed by atoms with Crippen LogP contribution < -0.4 is 5.32 Å². The third kappa shape index (κ3) is 1.77. The topological polar surface area (TPSA) is 38.3 Å². The van der Waals surface area contributed by atoms with E-state index in [2.05, 4.69) is 19.2 Å². The molecule has 128 valence electrons. The molecule has 3 heterocycles. The van der Waals surface area contributed by atoms with Gasteiger partial charge in [-0.1, -0.05) is 13.8 Å². The van der Waals surface area contributed by atoms with E-state index in [4.69, 9.17) is 16.3 Å². The second kappa shape index (κ2) is 4.74. The maximum absolute atomic E-state index is 12.0. The summed E-state index contributed by atoms with van der Waals surface area (Å²) in [7, 11) is 0. The molecule has 0 spiro atoms. The van der Waals surface area contributed by atoms with E-state index < -0.39 is 0 Å². The zero-order valence-electron chi connectivity index (χ0n) is 14.2. The molecule has 3 aliphatic carbocycles. The lowest BCUT2D eigenvalue weighted by molar-refractivity contribution is -0.281. The first kappa shape index (κ1) is 15.2. The van der Waals surface area contributed by atoms with Crippen molar-refractivity contribution in [3.8, 4) is 0 Å². The van der Waals surface area contributed by atoms with Crippen molar-refractivity contribution in [3.05, 3.63) is 0 Å². The summed E-state index contributed by atoms with van der Waals surface area (Å²) in [6.07, 6.45) is 9.20. The highest BCUT2D eigenvalue weighted by Gasteiger charge is 2.65. The fraction of sp³-hybridized carbons (Fsp3) is 0.947. The van der Waals surface area contributed by atoms with Crippen LogP contribution in [0.25, 0.3) is 0 Å². The van der Waals surface area contributed by atoms with E-state index in [1.54, 1.807) is 0 Å². The summed E-state index contributed by atoms with van der Waals surface area (Å²) in [6, 6.07) is 0.637. The van der Waals surface area contributed by atoms with Crippen molar-refractivity contribution in [1.82, 2.24) is 5.32 Å². The van der Waals surface area contributed by atoms with Crippen LogP contribution in [0.2, 0.25) is 0 Å². The zero-order valence-corrected chi connectivity index (χ0v) is 14.9. The number of hydrogen-bond acceptors (Lipinski definition) is 3. The first-order valence-corrected chi connectivity index (χ1v) is 9.93. The maximum atomic E-state index is 12.0. The second-order valence-corrected chi connectivity index (χ2v) is 9.74. The van der Waals surface area contributed by atoms with Gasteiger partial charge < -0.3 is 4.74 Å². The van der Waals surface area contributed by atoms with Gasteiger partial charge in [-0.25, -0.2) is 0 Å². The molecule has 6 aliphatic rings. The van der Waals surface area contributed by atoms with Crippen LogP contribution in [0.5, 0.6) is 0 Å². The molecule has 0 radical (unpaired) electrons. The van der Waals surface area contributed by atoms with Gasteiger partial charge in [0.05, 0.1) is 6.10 Å². The largest absolute Gasteiger partial charge is 0.359 e. The lowest BCUT2D eigenvalue weighted by Gasteiger charge is -2.67. The number of halogens is 1. The number of piperidine rings is 1. The Morgan fingerprint density at radius 3 is 2.65 bits per heavy atom. The van der Waals surface area contributed by atoms with Gasteiger partial charge in [0.15, 0.2) is 0 Å². The van der Waals surface area contributed by atoms with E-state index in [9.17, 15) is 4.79 Å². The molecule has 0 aromatic heterocycles. The van der Waals surface area contributed by atoms with Crippen LogP contribution in [-0.4, -0.2) is 23.6 Å². The minimum Gasteiger partial charge on any atom is -0.359 e. The molecule has 3 saturated carbocycles. The summed E-state index contributed by atoms with van der Waals surface area (Å²) in [5, 5.41) is 3.67. The van der Waals surface area contributed by atoms with Crippen molar-refractivity contribution in [2.75, 3.05) is 0 Å². The number of carbonyl (C=O) groups excluding carboxylic acids is 1. The summed E-state index contributed by atoms with van der Waals surface area (Å²) >= 11 is 5.97. The number of carbonyl (C=O) groups is 1.